The molecular formula is C11H18N2O2S3. The number of rotatable bonds is 6. The second kappa shape index (κ2) is 6.10. The van der Waals surface area contributed by atoms with E-state index in [-0.39, 0.29) is 11.0 Å². The molecule has 1 aromatic rings. The molecule has 0 aliphatic rings. The maximum absolute atomic E-state index is 12.4. The molecule has 0 aliphatic carbocycles. The summed E-state index contributed by atoms with van der Waals surface area (Å²) in [7, 11) is -1.82. The second-order valence-electron chi connectivity index (χ2n) is 3.97. The first-order valence-corrected chi connectivity index (χ1v) is 8.38. The van der Waals surface area contributed by atoms with Crippen LogP contribution in [0.25, 0.3) is 0 Å². The van der Waals surface area contributed by atoms with E-state index in [4.69, 9.17) is 18.0 Å². The van der Waals surface area contributed by atoms with E-state index in [0.29, 0.717) is 9.09 Å². The Hall–Kier alpha value is -0.500. The number of sulfonamides is 1. The molecule has 0 spiro atoms. The zero-order valence-electron chi connectivity index (χ0n) is 10.7. The standard InChI is InChI=1S/C11H18N2O2S3/c1-4-8(5-2)13(3)18(14,15)10-7-6-9(17-10)11(12)16/h6-8H,4-5H2,1-3H3,(H2,12,16). The molecule has 1 aromatic heterocycles. The molecule has 0 saturated carbocycles. The van der Waals surface area contributed by atoms with Crippen LogP contribution in [-0.2, 0) is 10.0 Å². The van der Waals surface area contributed by atoms with Crippen molar-refractivity contribution in [3.63, 3.8) is 0 Å². The topological polar surface area (TPSA) is 63.4 Å². The Balaban J connectivity index is 3.08. The molecular weight excluding hydrogens is 288 g/mol. The van der Waals surface area contributed by atoms with E-state index in [0.717, 1.165) is 24.2 Å². The lowest BCUT2D eigenvalue weighted by Crippen LogP contribution is -2.35. The zero-order chi connectivity index (χ0) is 13.9. The summed E-state index contributed by atoms with van der Waals surface area (Å²) in [5.41, 5.74) is 5.49. The van der Waals surface area contributed by atoms with Crippen molar-refractivity contribution in [1.29, 1.82) is 0 Å². The van der Waals surface area contributed by atoms with Crippen LogP contribution in [0, 0.1) is 0 Å². The van der Waals surface area contributed by atoms with Crippen LogP contribution in [0.15, 0.2) is 16.3 Å². The third-order valence-electron chi connectivity index (χ3n) is 2.91. The van der Waals surface area contributed by atoms with Gasteiger partial charge in [-0.2, -0.15) is 4.31 Å². The molecule has 0 amide bonds. The van der Waals surface area contributed by atoms with Crippen molar-refractivity contribution < 1.29 is 8.42 Å². The van der Waals surface area contributed by atoms with Crippen molar-refractivity contribution in [1.82, 2.24) is 4.31 Å². The highest BCUT2D eigenvalue weighted by Crippen LogP contribution is 2.26. The summed E-state index contributed by atoms with van der Waals surface area (Å²) in [6, 6.07) is 3.24. The van der Waals surface area contributed by atoms with Gasteiger partial charge in [-0.15, -0.1) is 11.3 Å². The van der Waals surface area contributed by atoms with Gasteiger partial charge in [-0.25, -0.2) is 8.42 Å². The molecule has 0 bridgehead atoms. The van der Waals surface area contributed by atoms with Gasteiger partial charge in [0.15, 0.2) is 0 Å². The van der Waals surface area contributed by atoms with Gasteiger partial charge in [-0.1, -0.05) is 26.1 Å². The van der Waals surface area contributed by atoms with Crippen LogP contribution in [0.2, 0.25) is 0 Å². The first-order chi connectivity index (χ1) is 8.34. The van der Waals surface area contributed by atoms with E-state index in [1.807, 2.05) is 13.8 Å². The van der Waals surface area contributed by atoms with E-state index in [1.165, 1.54) is 4.31 Å². The van der Waals surface area contributed by atoms with Crippen molar-refractivity contribution in [2.24, 2.45) is 5.73 Å². The quantitative estimate of drug-likeness (QED) is 0.818. The number of hydrogen-bond donors (Lipinski definition) is 1. The minimum atomic E-state index is -3.44. The van der Waals surface area contributed by atoms with Crippen molar-refractivity contribution in [3.05, 3.63) is 17.0 Å². The maximum Gasteiger partial charge on any atom is 0.252 e. The fourth-order valence-corrected chi connectivity index (χ4v) is 4.77. The van der Waals surface area contributed by atoms with Crippen LogP contribution in [0.4, 0.5) is 0 Å². The zero-order valence-corrected chi connectivity index (χ0v) is 13.2. The highest BCUT2D eigenvalue weighted by atomic mass is 32.2. The van der Waals surface area contributed by atoms with Gasteiger partial charge >= 0.3 is 0 Å². The minimum Gasteiger partial charge on any atom is -0.389 e. The van der Waals surface area contributed by atoms with Crippen LogP contribution in [0.3, 0.4) is 0 Å². The molecule has 0 radical (unpaired) electrons. The summed E-state index contributed by atoms with van der Waals surface area (Å²) in [5, 5.41) is 0. The molecule has 0 saturated heterocycles. The summed E-state index contributed by atoms with van der Waals surface area (Å²) in [6.45, 7) is 3.96. The fourth-order valence-electron chi connectivity index (χ4n) is 1.73. The molecule has 0 aliphatic heterocycles. The lowest BCUT2D eigenvalue weighted by molar-refractivity contribution is 0.350. The molecule has 18 heavy (non-hydrogen) atoms. The monoisotopic (exact) mass is 306 g/mol. The molecule has 0 atom stereocenters. The van der Waals surface area contributed by atoms with Crippen LogP contribution >= 0.6 is 23.6 Å². The number of thiocarbonyl (C=S) groups is 1. The predicted octanol–water partition coefficient (Wildman–Crippen LogP) is 2.19. The van der Waals surface area contributed by atoms with Gasteiger partial charge in [0.1, 0.15) is 9.20 Å². The third kappa shape index (κ3) is 3.09. The predicted molar refractivity (Wildman–Crippen MR) is 79.5 cm³/mol. The van der Waals surface area contributed by atoms with Crippen LogP contribution in [0.1, 0.15) is 31.6 Å². The molecule has 0 fully saturated rings. The van der Waals surface area contributed by atoms with E-state index in [1.54, 1.807) is 19.2 Å². The lowest BCUT2D eigenvalue weighted by atomic mass is 10.2. The summed E-state index contributed by atoms with van der Waals surface area (Å²) in [6.07, 6.45) is 1.58. The Bertz CT molecular complexity index is 518. The Morgan fingerprint density at radius 2 is 2.00 bits per heavy atom. The van der Waals surface area contributed by atoms with Gasteiger partial charge < -0.3 is 5.73 Å². The first kappa shape index (κ1) is 15.6. The molecule has 1 rings (SSSR count). The number of thiophene rings is 1. The average molecular weight is 306 g/mol. The third-order valence-corrected chi connectivity index (χ3v) is 6.76. The van der Waals surface area contributed by atoms with Gasteiger partial charge in [0, 0.05) is 13.1 Å². The van der Waals surface area contributed by atoms with E-state index < -0.39 is 10.0 Å². The Labute approximate surface area is 118 Å². The Morgan fingerprint density at radius 1 is 1.44 bits per heavy atom. The van der Waals surface area contributed by atoms with E-state index in [9.17, 15) is 8.42 Å². The molecule has 4 nitrogen and oxygen atoms in total. The molecule has 7 heteroatoms. The maximum atomic E-state index is 12.4. The fraction of sp³-hybridized carbons (Fsp3) is 0.545. The summed E-state index contributed by atoms with van der Waals surface area (Å²) >= 11 is 5.96. The number of nitrogens with two attached hydrogens (primary N) is 1. The normalized spacial score (nSPS) is 12.3. The van der Waals surface area contributed by atoms with Crippen molar-refractivity contribution in [2.75, 3.05) is 7.05 Å². The molecule has 2 N–H and O–H groups in total. The average Bonchev–Trinajstić information content (AvgIpc) is 2.80. The molecule has 1 heterocycles. The van der Waals surface area contributed by atoms with Gasteiger partial charge in [0.2, 0.25) is 0 Å². The molecule has 0 aromatic carbocycles. The van der Waals surface area contributed by atoms with Crippen molar-refractivity contribution >= 4 is 38.6 Å². The lowest BCUT2D eigenvalue weighted by Gasteiger charge is -2.24. The minimum absolute atomic E-state index is 0.0189. The van der Waals surface area contributed by atoms with E-state index in [2.05, 4.69) is 0 Å². The van der Waals surface area contributed by atoms with Crippen molar-refractivity contribution in [2.45, 2.75) is 36.9 Å². The van der Waals surface area contributed by atoms with Crippen LogP contribution < -0.4 is 5.73 Å². The Morgan fingerprint density at radius 3 is 2.39 bits per heavy atom. The van der Waals surface area contributed by atoms with Crippen LogP contribution in [-0.4, -0.2) is 30.8 Å². The van der Waals surface area contributed by atoms with Gasteiger partial charge in [-0.3, -0.25) is 0 Å². The van der Waals surface area contributed by atoms with Gasteiger partial charge in [-0.05, 0) is 25.0 Å². The van der Waals surface area contributed by atoms with Crippen LogP contribution in [0.5, 0.6) is 0 Å². The summed E-state index contributed by atoms with van der Waals surface area (Å²) in [4.78, 5) is 0.855. The molecule has 102 valence electrons. The van der Waals surface area contributed by atoms with Crippen molar-refractivity contribution in [3.8, 4) is 0 Å². The second-order valence-corrected chi connectivity index (χ2v) is 7.72. The first-order valence-electron chi connectivity index (χ1n) is 5.72. The van der Waals surface area contributed by atoms with Gasteiger partial charge in [0.25, 0.3) is 10.0 Å². The number of hydrogen-bond acceptors (Lipinski definition) is 4. The summed E-state index contributed by atoms with van der Waals surface area (Å²) < 4.78 is 26.5. The SMILES string of the molecule is CCC(CC)N(C)S(=O)(=O)c1ccc(C(N)=S)s1. The molecule has 0 unspecified atom stereocenters. The highest BCUT2D eigenvalue weighted by Gasteiger charge is 2.27. The smallest absolute Gasteiger partial charge is 0.252 e. The largest absolute Gasteiger partial charge is 0.389 e. The van der Waals surface area contributed by atoms with Gasteiger partial charge in [0.05, 0.1) is 4.88 Å². The highest BCUT2D eigenvalue weighted by molar-refractivity contribution is 7.91. The Kier molecular flexibility index (Phi) is 5.27. The number of nitrogens with zero attached hydrogens (tertiary/aromatic N) is 1. The summed E-state index contributed by atoms with van der Waals surface area (Å²) in [5.74, 6) is 0. The van der Waals surface area contributed by atoms with E-state index >= 15 is 0 Å².